The highest BCUT2D eigenvalue weighted by atomic mass is 35.5. The minimum absolute atomic E-state index is 0. The van der Waals surface area contributed by atoms with Gasteiger partial charge in [-0.1, -0.05) is 32.6 Å². The van der Waals surface area contributed by atoms with E-state index in [4.69, 9.17) is 0 Å². The zero-order chi connectivity index (χ0) is 13.5. The highest BCUT2D eigenvalue weighted by molar-refractivity contribution is 5.85. The molecule has 1 saturated heterocycles. The number of hydrogen-bond acceptors (Lipinski definition) is 2. The Morgan fingerprint density at radius 3 is 2.55 bits per heavy atom. The van der Waals surface area contributed by atoms with Crippen molar-refractivity contribution in [1.29, 1.82) is 0 Å². The van der Waals surface area contributed by atoms with E-state index in [1.165, 1.54) is 45.1 Å². The quantitative estimate of drug-likeness (QED) is 0.791. The maximum absolute atomic E-state index is 12.0. The molecule has 1 heterocycles. The molecule has 2 rings (SSSR count). The Morgan fingerprint density at radius 2 is 1.90 bits per heavy atom. The van der Waals surface area contributed by atoms with E-state index < -0.39 is 0 Å². The van der Waals surface area contributed by atoms with Gasteiger partial charge in [-0.2, -0.15) is 0 Å². The zero-order valence-corrected chi connectivity index (χ0v) is 13.6. The Bertz CT molecular complexity index is 274. The van der Waals surface area contributed by atoms with E-state index in [-0.39, 0.29) is 24.2 Å². The lowest BCUT2D eigenvalue weighted by Crippen LogP contribution is -2.35. The molecule has 2 atom stereocenters. The van der Waals surface area contributed by atoms with Gasteiger partial charge in [0.05, 0.1) is 0 Å². The van der Waals surface area contributed by atoms with Gasteiger partial charge in [0.1, 0.15) is 0 Å². The van der Waals surface area contributed by atoms with Crippen LogP contribution in [0.15, 0.2) is 0 Å². The van der Waals surface area contributed by atoms with Gasteiger partial charge < -0.3 is 10.6 Å². The third kappa shape index (κ3) is 6.01. The molecule has 0 aromatic carbocycles. The molecule has 118 valence electrons. The summed E-state index contributed by atoms with van der Waals surface area (Å²) in [6, 6.07) is 0. The molecule has 1 amide bonds. The first-order valence-corrected chi connectivity index (χ1v) is 8.24. The predicted octanol–water partition coefficient (Wildman–Crippen LogP) is 3.13. The predicted molar refractivity (Wildman–Crippen MR) is 86.2 cm³/mol. The number of amides is 1. The Labute approximate surface area is 130 Å². The summed E-state index contributed by atoms with van der Waals surface area (Å²) in [5.41, 5.74) is 0. The molecule has 0 aromatic rings. The van der Waals surface area contributed by atoms with E-state index in [1.54, 1.807) is 0 Å². The maximum atomic E-state index is 12.0. The van der Waals surface area contributed by atoms with E-state index in [9.17, 15) is 4.79 Å². The number of carbonyl (C=O) groups excluding carboxylic acids is 1. The topological polar surface area (TPSA) is 41.1 Å². The molecule has 1 saturated carbocycles. The fraction of sp³-hybridized carbons (Fsp3) is 0.938. The van der Waals surface area contributed by atoms with Gasteiger partial charge in [0.2, 0.25) is 5.91 Å². The first-order valence-electron chi connectivity index (χ1n) is 8.24. The smallest absolute Gasteiger partial charge is 0.222 e. The van der Waals surface area contributed by atoms with Gasteiger partial charge in [-0.25, -0.2) is 0 Å². The summed E-state index contributed by atoms with van der Waals surface area (Å²) in [7, 11) is 0. The van der Waals surface area contributed by atoms with Crippen LogP contribution in [0.1, 0.15) is 58.3 Å². The fourth-order valence-electron chi connectivity index (χ4n) is 3.60. The first-order chi connectivity index (χ1) is 9.25. The van der Waals surface area contributed by atoms with E-state index in [2.05, 4.69) is 17.6 Å². The number of nitrogens with one attached hydrogen (secondary N) is 2. The summed E-state index contributed by atoms with van der Waals surface area (Å²) in [4.78, 5) is 12.0. The minimum Gasteiger partial charge on any atom is -0.356 e. The Kier molecular flexibility index (Phi) is 8.55. The summed E-state index contributed by atoms with van der Waals surface area (Å²) in [6.45, 7) is 5.25. The SMILES string of the molecule is CC(CC1CCCC1)C(=O)NCCC1CCCNC1.Cl. The normalized spacial score (nSPS) is 24.9. The van der Waals surface area contributed by atoms with Crippen LogP contribution < -0.4 is 10.6 Å². The van der Waals surface area contributed by atoms with Gasteiger partial charge in [-0.3, -0.25) is 4.79 Å². The van der Waals surface area contributed by atoms with Crippen molar-refractivity contribution in [3.63, 3.8) is 0 Å². The van der Waals surface area contributed by atoms with E-state index >= 15 is 0 Å². The molecule has 20 heavy (non-hydrogen) atoms. The number of rotatable bonds is 6. The number of hydrogen-bond donors (Lipinski definition) is 2. The summed E-state index contributed by atoms with van der Waals surface area (Å²) in [6.07, 6.45) is 10.3. The van der Waals surface area contributed by atoms with Crippen LogP contribution in [0.3, 0.4) is 0 Å². The van der Waals surface area contributed by atoms with Crippen molar-refractivity contribution in [2.75, 3.05) is 19.6 Å². The van der Waals surface area contributed by atoms with Gasteiger partial charge >= 0.3 is 0 Å². The second kappa shape index (κ2) is 9.62. The monoisotopic (exact) mass is 302 g/mol. The average Bonchev–Trinajstić information content (AvgIpc) is 2.92. The molecule has 2 unspecified atom stereocenters. The molecule has 2 aliphatic rings. The third-order valence-corrected chi connectivity index (χ3v) is 4.86. The Morgan fingerprint density at radius 1 is 1.20 bits per heavy atom. The number of piperidine rings is 1. The van der Waals surface area contributed by atoms with Crippen molar-refractivity contribution in [2.45, 2.75) is 58.3 Å². The van der Waals surface area contributed by atoms with Crippen molar-refractivity contribution in [3.05, 3.63) is 0 Å². The van der Waals surface area contributed by atoms with Gasteiger partial charge in [-0.15, -0.1) is 12.4 Å². The van der Waals surface area contributed by atoms with Crippen LogP contribution >= 0.6 is 12.4 Å². The standard InChI is InChI=1S/C16H30N2O.ClH/c1-13(11-14-5-2-3-6-14)16(19)18-10-8-15-7-4-9-17-12-15;/h13-15,17H,2-12H2,1H3,(H,18,19);1H. The maximum Gasteiger partial charge on any atom is 0.222 e. The molecule has 1 aliphatic heterocycles. The third-order valence-electron chi connectivity index (χ3n) is 4.86. The molecule has 0 radical (unpaired) electrons. The van der Waals surface area contributed by atoms with Crippen LogP contribution in [0.25, 0.3) is 0 Å². The molecule has 1 aliphatic carbocycles. The average molecular weight is 303 g/mol. The lowest BCUT2D eigenvalue weighted by atomic mass is 9.93. The molecule has 3 nitrogen and oxygen atoms in total. The molecule has 0 aromatic heterocycles. The van der Waals surface area contributed by atoms with E-state index in [0.717, 1.165) is 37.8 Å². The lowest BCUT2D eigenvalue weighted by Gasteiger charge is -2.23. The second-order valence-electron chi connectivity index (χ2n) is 6.58. The molecule has 0 bridgehead atoms. The van der Waals surface area contributed by atoms with Crippen molar-refractivity contribution in [1.82, 2.24) is 10.6 Å². The molecular weight excluding hydrogens is 272 g/mol. The van der Waals surface area contributed by atoms with Crippen molar-refractivity contribution in [2.24, 2.45) is 17.8 Å². The van der Waals surface area contributed by atoms with Crippen LogP contribution in [-0.4, -0.2) is 25.5 Å². The Balaban J connectivity index is 0.00000200. The molecule has 0 spiro atoms. The van der Waals surface area contributed by atoms with E-state index in [1.807, 2.05) is 0 Å². The van der Waals surface area contributed by atoms with Gasteiger partial charge in [-0.05, 0) is 50.6 Å². The highest BCUT2D eigenvalue weighted by Crippen LogP contribution is 2.30. The van der Waals surface area contributed by atoms with Gasteiger partial charge in [0.25, 0.3) is 0 Å². The largest absolute Gasteiger partial charge is 0.356 e. The summed E-state index contributed by atoms with van der Waals surface area (Å²) >= 11 is 0. The summed E-state index contributed by atoms with van der Waals surface area (Å²) in [5.74, 6) is 2.05. The van der Waals surface area contributed by atoms with Crippen molar-refractivity contribution < 1.29 is 4.79 Å². The second-order valence-corrected chi connectivity index (χ2v) is 6.58. The fourth-order valence-corrected chi connectivity index (χ4v) is 3.60. The molecular formula is C16H31ClN2O. The van der Waals surface area contributed by atoms with Crippen LogP contribution in [0.4, 0.5) is 0 Å². The summed E-state index contributed by atoms with van der Waals surface area (Å²) < 4.78 is 0. The van der Waals surface area contributed by atoms with Gasteiger partial charge in [0.15, 0.2) is 0 Å². The number of carbonyl (C=O) groups is 1. The van der Waals surface area contributed by atoms with Crippen LogP contribution in [0.5, 0.6) is 0 Å². The van der Waals surface area contributed by atoms with Crippen molar-refractivity contribution >= 4 is 18.3 Å². The van der Waals surface area contributed by atoms with E-state index in [0.29, 0.717) is 0 Å². The molecule has 2 fully saturated rings. The minimum atomic E-state index is 0. The van der Waals surface area contributed by atoms with Gasteiger partial charge in [0, 0.05) is 12.5 Å². The zero-order valence-electron chi connectivity index (χ0n) is 12.8. The van der Waals surface area contributed by atoms with Crippen LogP contribution in [-0.2, 0) is 4.79 Å². The van der Waals surface area contributed by atoms with Crippen LogP contribution in [0, 0.1) is 17.8 Å². The highest BCUT2D eigenvalue weighted by Gasteiger charge is 2.21. The van der Waals surface area contributed by atoms with Crippen LogP contribution in [0.2, 0.25) is 0 Å². The summed E-state index contributed by atoms with van der Waals surface area (Å²) in [5, 5.41) is 6.57. The molecule has 4 heteroatoms. The number of halogens is 1. The van der Waals surface area contributed by atoms with Crippen molar-refractivity contribution in [3.8, 4) is 0 Å². The lowest BCUT2D eigenvalue weighted by molar-refractivity contribution is -0.125. The first kappa shape index (κ1) is 17.8. The Hall–Kier alpha value is -0.280. The molecule has 2 N–H and O–H groups in total.